The topological polar surface area (TPSA) is 130 Å². The van der Waals surface area contributed by atoms with Gasteiger partial charge >= 0.3 is 11.9 Å². The standard InChI is InChI=1S/C26H27N3O6/c1-5-18-6-15(2)7-23(9-18)35-14-24(30)28-27-13-21-8-16(3)29(17(21)4)22-11-19(25(31)32)10-20(12-22)26(33)34/h6-13H,5,14H2,1-4H3,(H,28,30)(H,31,32)(H,33,34)/b27-13+. The largest absolute Gasteiger partial charge is 0.484 e. The molecule has 2 aromatic carbocycles. The Morgan fingerprint density at radius 1 is 0.971 bits per heavy atom. The van der Waals surface area contributed by atoms with Gasteiger partial charge in [0.15, 0.2) is 6.61 Å². The fourth-order valence-electron chi connectivity index (χ4n) is 3.77. The molecule has 0 aliphatic rings. The second-order valence-corrected chi connectivity index (χ2v) is 8.13. The van der Waals surface area contributed by atoms with Crippen molar-refractivity contribution in [1.82, 2.24) is 9.99 Å². The van der Waals surface area contributed by atoms with Crippen molar-refractivity contribution in [1.29, 1.82) is 0 Å². The van der Waals surface area contributed by atoms with Crippen molar-refractivity contribution in [2.75, 3.05) is 6.61 Å². The third kappa shape index (κ3) is 6.14. The van der Waals surface area contributed by atoms with Crippen molar-refractivity contribution in [2.24, 2.45) is 5.10 Å². The molecule has 35 heavy (non-hydrogen) atoms. The highest BCUT2D eigenvalue weighted by molar-refractivity contribution is 5.95. The zero-order valence-corrected chi connectivity index (χ0v) is 20.0. The lowest BCUT2D eigenvalue weighted by molar-refractivity contribution is -0.123. The van der Waals surface area contributed by atoms with Gasteiger partial charge in [0, 0.05) is 22.6 Å². The van der Waals surface area contributed by atoms with Crippen molar-refractivity contribution >= 4 is 24.1 Å². The first-order valence-electron chi connectivity index (χ1n) is 10.9. The maximum Gasteiger partial charge on any atom is 0.335 e. The number of hydrazone groups is 1. The maximum atomic E-state index is 12.2. The quantitative estimate of drug-likeness (QED) is 0.317. The third-order valence-electron chi connectivity index (χ3n) is 5.42. The van der Waals surface area contributed by atoms with Crippen LogP contribution in [0.15, 0.2) is 47.6 Å². The molecule has 0 spiro atoms. The van der Waals surface area contributed by atoms with E-state index in [1.54, 1.807) is 24.5 Å². The van der Waals surface area contributed by atoms with Crippen LogP contribution < -0.4 is 10.2 Å². The lowest BCUT2D eigenvalue weighted by Gasteiger charge is -2.12. The van der Waals surface area contributed by atoms with E-state index in [4.69, 9.17) is 4.74 Å². The van der Waals surface area contributed by atoms with E-state index in [0.717, 1.165) is 29.3 Å². The number of aromatic nitrogens is 1. The predicted octanol–water partition coefficient (Wildman–Crippen LogP) is 3.89. The molecule has 0 aliphatic heterocycles. The first-order chi connectivity index (χ1) is 16.6. The van der Waals surface area contributed by atoms with E-state index in [9.17, 15) is 24.6 Å². The van der Waals surface area contributed by atoms with Crippen LogP contribution in [0, 0.1) is 20.8 Å². The fraction of sp³-hybridized carbons (Fsp3) is 0.231. The predicted molar refractivity (Wildman–Crippen MR) is 131 cm³/mol. The van der Waals surface area contributed by atoms with Crippen LogP contribution in [0.1, 0.15) is 55.7 Å². The number of nitrogens with one attached hydrogen (secondary N) is 1. The molecule has 0 saturated carbocycles. The highest BCUT2D eigenvalue weighted by atomic mass is 16.5. The lowest BCUT2D eigenvalue weighted by atomic mass is 10.1. The van der Waals surface area contributed by atoms with Crippen molar-refractivity contribution in [3.8, 4) is 11.4 Å². The Labute approximate surface area is 202 Å². The summed E-state index contributed by atoms with van der Waals surface area (Å²) in [4.78, 5) is 35.1. The van der Waals surface area contributed by atoms with Gasteiger partial charge in [0.2, 0.25) is 0 Å². The Morgan fingerprint density at radius 2 is 1.63 bits per heavy atom. The first-order valence-corrected chi connectivity index (χ1v) is 10.9. The van der Waals surface area contributed by atoms with Crippen LogP contribution in [0.5, 0.6) is 5.75 Å². The van der Waals surface area contributed by atoms with Gasteiger partial charge in [-0.2, -0.15) is 5.10 Å². The average molecular weight is 478 g/mol. The van der Waals surface area contributed by atoms with Crippen LogP contribution in [-0.4, -0.2) is 45.4 Å². The van der Waals surface area contributed by atoms with Gasteiger partial charge < -0.3 is 19.5 Å². The number of aryl methyl sites for hydroxylation is 3. The Morgan fingerprint density at radius 3 is 2.23 bits per heavy atom. The summed E-state index contributed by atoms with van der Waals surface area (Å²) in [7, 11) is 0. The number of amides is 1. The smallest absolute Gasteiger partial charge is 0.335 e. The highest BCUT2D eigenvalue weighted by Crippen LogP contribution is 2.23. The summed E-state index contributed by atoms with van der Waals surface area (Å²) in [6, 6.07) is 11.5. The third-order valence-corrected chi connectivity index (χ3v) is 5.42. The Bertz CT molecular complexity index is 1290. The van der Waals surface area contributed by atoms with E-state index in [2.05, 4.69) is 16.6 Å². The number of carbonyl (C=O) groups is 3. The molecule has 3 rings (SSSR count). The number of benzene rings is 2. The Hall–Kier alpha value is -4.40. The molecule has 1 heterocycles. The van der Waals surface area contributed by atoms with E-state index < -0.39 is 17.8 Å². The number of rotatable bonds is 9. The van der Waals surface area contributed by atoms with Crippen LogP contribution in [-0.2, 0) is 11.2 Å². The molecule has 0 bridgehead atoms. The second kappa shape index (κ2) is 10.7. The van der Waals surface area contributed by atoms with E-state index in [-0.39, 0.29) is 17.7 Å². The molecule has 0 fully saturated rings. The minimum atomic E-state index is -1.22. The number of hydrogen-bond donors (Lipinski definition) is 3. The summed E-state index contributed by atoms with van der Waals surface area (Å²) < 4.78 is 7.30. The molecule has 0 saturated heterocycles. The van der Waals surface area contributed by atoms with Crippen LogP contribution >= 0.6 is 0 Å². The Kier molecular flexibility index (Phi) is 7.70. The molecular formula is C26H27N3O6. The van der Waals surface area contributed by atoms with Crippen molar-refractivity contribution in [3.63, 3.8) is 0 Å². The number of aromatic carboxylic acids is 2. The van der Waals surface area contributed by atoms with Crippen LogP contribution in [0.4, 0.5) is 0 Å². The number of carboxylic acid groups (broad SMARTS) is 2. The van der Waals surface area contributed by atoms with Crippen molar-refractivity contribution < 1.29 is 29.3 Å². The molecule has 182 valence electrons. The van der Waals surface area contributed by atoms with Crippen molar-refractivity contribution in [3.05, 3.63) is 81.7 Å². The van der Waals surface area contributed by atoms with Crippen LogP contribution in [0.3, 0.4) is 0 Å². The zero-order valence-electron chi connectivity index (χ0n) is 20.0. The summed E-state index contributed by atoms with van der Waals surface area (Å²) >= 11 is 0. The molecule has 0 atom stereocenters. The monoisotopic (exact) mass is 477 g/mol. The average Bonchev–Trinajstić information content (AvgIpc) is 3.09. The SMILES string of the molecule is CCc1cc(C)cc(OCC(=O)N/N=C/c2cc(C)n(-c3cc(C(=O)O)cc(C(=O)O)c3)c2C)c1. The van der Waals surface area contributed by atoms with E-state index in [1.165, 1.54) is 18.3 Å². The number of carbonyl (C=O) groups excluding carboxylic acids is 1. The number of hydrogen-bond acceptors (Lipinski definition) is 5. The van der Waals surface area contributed by atoms with Gasteiger partial charge in [0.1, 0.15) is 5.75 Å². The minimum absolute atomic E-state index is 0.130. The molecule has 0 unspecified atom stereocenters. The molecule has 0 aliphatic carbocycles. The summed E-state index contributed by atoms with van der Waals surface area (Å²) in [5.41, 5.74) is 6.86. The zero-order chi connectivity index (χ0) is 25.7. The van der Waals surface area contributed by atoms with E-state index in [1.807, 2.05) is 26.0 Å². The molecular weight excluding hydrogens is 450 g/mol. The number of nitrogens with zero attached hydrogens (tertiary/aromatic N) is 2. The van der Waals surface area contributed by atoms with E-state index >= 15 is 0 Å². The second-order valence-electron chi connectivity index (χ2n) is 8.13. The molecule has 9 nitrogen and oxygen atoms in total. The van der Waals surface area contributed by atoms with Gasteiger partial charge in [0.25, 0.3) is 5.91 Å². The van der Waals surface area contributed by atoms with Gasteiger partial charge in [-0.05, 0) is 74.7 Å². The molecule has 9 heteroatoms. The van der Waals surface area contributed by atoms with E-state index in [0.29, 0.717) is 22.7 Å². The molecule has 1 aromatic heterocycles. The highest BCUT2D eigenvalue weighted by Gasteiger charge is 2.16. The summed E-state index contributed by atoms with van der Waals surface area (Å²) in [5, 5.41) is 22.7. The summed E-state index contributed by atoms with van der Waals surface area (Å²) in [5.74, 6) is -2.25. The number of ether oxygens (including phenoxy) is 1. The fourth-order valence-corrected chi connectivity index (χ4v) is 3.77. The molecule has 0 radical (unpaired) electrons. The summed E-state index contributed by atoms with van der Waals surface area (Å²) in [6.07, 6.45) is 2.34. The van der Waals surface area contributed by atoms with Crippen LogP contribution in [0.2, 0.25) is 0 Å². The molecule has 3 N–H and O–H groups in total. The maximum absolute atomic E-state index is 12.2. The lowest BCUT2D eigenvalue weighted by Crippen LogP contribution is -2.24. The summed E-state index contributed by atoms with van der Waals surface area (Å²) in [6.45, 7) is 7.41. The van der Waals surface area contributed by atoms with Gasteiger partial charge in [-0.25, -0.2) is 15.0 Å². The minimum Gasteiger partial charge on any atom is -0.484 e. The molecule has 3 aromatic rings. The number of carboxylic acids is 2. The van der Waals surface area contributed by atoms with Gasteiger partial charge in [-0.15, -0.1) is 0 Å². The first kappa shape index (κ1) is 25.2. The Balaban J connectivity index is 1.73. The van der Waals surface area contributed by atoms with Crippen molar-refractivity contribution in [2.45, 2.75) is 34.1 Å². The van der Waals surface area contributed by atoms with Crippen LogP contribution in [0.25, 0.3) is 5.69 Å². The molecule has 1 amide bonds. The van der Waals surface area contributed by atoms with Gasteiger partial charge in [-0.3, -0.25) is 4.79 Å². The van der Waals surface area contributed by atoms with Gasteiger partial charge in [-0.1, -0.05) is 13.0 Å². The normalized spacial score (nSPS) is 11.0. The van der Waals surface area contributed by atoms with Gasteiger partial charge in [0.05, 0.1) is 17.3 Å².